The lowest BCUT2D eigenvalue weighted by molar-refractivity contribution is -0.138. The summed E-state index contributed by atoms with van der Waals surface area (Å²) in [5.74, 6) is -0.416. The highest BCUT2D eigenvalue weighted by Gasteiger charge is 2.51. The Morgan fingerprint density at radius 2 is 1.81 bits per heavy atom. The highest BCUT2D eigenvalue weighted by Crippen LogP contribution is 2.46. The number of halogens is 4. The Kier molecular flexibility index (Phi) is 5.67. The van der Waals surface area contributed by atoms with E-state index in [-0.39, 0.29) is 23.9 Å². The van der Waals surface area contributed by atoms with Gasteiger partial charge in [0.2, 0.25) is 5.91 Å². The Morgan fingerprint density at radius 3 is 2.50 bits per heavy atom. The second-order valence-corrected chi connectivity index (χ2v) is 8.48. The quantitative estimate of drug-likeness (QED) is 0.473. The van der Waals surface area contributed by atoms with Gasteiger partial charge in [0, 0.05) is 29.4 Å². The summed E-state index contributed by atoms with van der Waals surface area (Å²) in [5.41, 5.74) is 0.565. The summed E-state index contributed by atoms with van der Waals surface area (Å²) >= 11 is 3.47. The van der Waals surface area contributed by atoms with Gasteiger partial charge in [0.15, 0.2) is 0 Å². The number of fused-ring (bicyclic) bond motifs is 1. The fourth-order valence-corrected chi connectivity index (χ4v) is 4.62. The largest absolute Gasteiger partial charge is 0.496 e. The third-order valence-electron chi connectivity index (χ3n) is 5.77. The Bertz CT molecular complexity index is 1180. The first-order valence-electron chi connectivity index (χ1n) is 9.81. The zero-order valence-corrected chi connectivity index (χ0v) is 18.9. The number of carbonyl (C=O) groups is 1. The molecular weight excluding hydrogens is 485 g/mol. The minimum atomic E-state index is -4.57. The molecule has 0 fully saturated rings. The molecule has 0 saturated carbocycles. The van der Waals surface area contributed by atoms with E-state index in [0.29, 0.717) is 0 Å². The predicted molar refractivity (Wildman–Crippen MR) is 121 cm³/mol. The second kappa shape index (κ2) is 8.16. The Hall–Kier alpha value is -3.00. The molecule has 1 amide bonds. The van der Waals surface area contributed by atoms with E-state index >= 15 is 0 Å². The van der Waals surface area contributed by atoms with Gasteiger partial charge in [-0.25, -0.2) is 0 Å². The number of nitrogens with one attached hydrogen (secondary N) is 1. The van der Waals surface area contributed by atoms with Crippen molar-refractivity contribution in [2.45, 2.75) is 11.6 Å². The molecule has 0 unspecified atom stereocenters. The summed E-state index contributed by atoms with van der Waals surface area (Å²) in [4.78, 5) is 15.2. The van der Waals surface area contributed by atoms with Crippen LogP contribution in [0, 0.1) is 0 Å². The molecule has 1 atom stereocenters. The molecule has 4 nitrogen and oxygen atoms in total. The van der Waals surface area contributed by atoms with Crippen molar-refractivity contribution < 1.29 is 22.7 Å². The number of hydrogen-bond donors (Lipinski definition) is 1. The first kappa shape index (κ1) is 22.2. The maximum atomic E-state index is 13.6. The number of amides is 1. The van der Waals surface area contributed by atoms with Gasteiger partial charge < -0.3 is 15.0 Å². The van der Waals surface area contributed by atoms with Gasteiger partial charge in [-0.15, -0.1) is 0 Å². The molecule has 3 aromatic carbocycles. The molecule has 1 heterocycles. The zero-order chi connectivity index (χ0) is 23.1. The summed E-state index contributed by atoms with van der Waals surface area (Å²) < 4.78 is 46.1. The van der Waals surface area contributed by atoms with Gasteiger partial charge in [-0.3, -0.25) is 4.79 Å². The number of hydrogen-bond acceptors (Lipinski definition) is 3. The number of likely N-dealkylation sites (N-methyl/N-ethyl adjacent to an activating group) is 1. The fraction of sp³-hybridized carbons (Fsp3) is 0.208. The smallest absolute Gasteiger partial charge is 0.420 e. The van der Waals surface area contributed by atoms with Crippen LogP contribution in [-0.2, 0) is 16.4 Å². The van der Waals surface area contributed by atoms with Crippen LogP contribution >= 0.6 is 15.9 Å². The molecule has 0 spiro atoms. The summed E-state index contributed by atoms with van der Waals surface area (Å²) in [6.07, 6.45) is -4.57. The number of carbonyl (C=O) groups excluding carboxylic acids is 1. The lowest BCUT2D eigenvalue weighted by Crippen LogP contribution is -2.45. The van der Waals surface area contributed by atoms with E-state index in [9.17, 15) is 18.0 Å². The normalized spacial score (nSPS) is 17.9. The van der Waals surface area contributed by atoms with Gasteiger partial charge in [0.25, 0.3) is 0 Å². The number of ether oxygens (including phenoxy) is 1. The molecule has 1 N–H and O–H groups in total. The number of para-hydroxylation sites is 1. The van der Waals surface area contributed by atoms with Gasteiger partial charge in [0.05, 0.1) is 12.7 Å². The monoisotopic (exact) mass is 504 g/mol. The van der Waals surface area contributed by atoms with Crippen LogP contribution < -0.4 is 15.0 Å². The van der Waals surface area contributed by atoms with E-state index < -0.39 is 17.2 Å². The van der Waals surface area contributed by atoms with E-state index in [4.69, 9.17) is 4.74 Å². The summed E-state index contributed by atoms with van der Waals surface area (Å²) in [6.45, 7) is 0.0767. The number of benzene rings is 3. The lowest BCUT2D eigenvalue weighted by Gasteiger charge is -2.30. The van der Waals surface area contributed by atoms with Gasteiger partial charge in [-0.2, -0.15) is 13.2 Å². The molecule has 8 heteroatoms. The topological polar surface area (TPSA) is 41.6 Å². The molecule has 1 aliphatic heterocycles. The third-order valence-corrected chi connectivity index (χ3v) is 6.27. The standard InChI is InChI=1S/C24H20BrF3N2O2/c1-30-20-9-4-3-8-18(20)23(22(30)31,15-6-5-7-16(25)12-15)14-29-17-10-11-21(32-2)19(13-17)24(26,27)28/h3-13,29H,14H2,1-2H3/t23-/m1/s1. The Morgan fingerprint density at radius 1 is 1.06 bits per heavy atom. The predicted octanol–water partition coefficient (Wildman–Crippen LogP) is 5.85. The fourth-order valence-electron chi connectivity index (χ4n) is 4.22. The van der Waals surface area contributed by atoms with Gasteiger partial charge >= 0.3 is 6.18 Å². The lowest BCUT2D eigenvalue weighted by atomic mass is 9.75. The van der Waals surface area contributed by atoms with Crippen LogP contribution in [0.4, 0.5) is 24.5 Å². The van der Waals surface area contributed by atoms with Gasteiger partial charge in [-0.05, 0) is 47.5 Å². The molecule has 0 aliphatic carbocycles. The number of alkyl halides is 3. The molecule has 0 radical (unpaired) electrons. The van der Waals surface area contributed by atoms with Gasteiger partial charge in [0.1, 0.15) is 11.2 Å². The van der Waals surface area contributed by atoms with E-state index in [0.717, 1.165) is 27.4 Å². The highest BCUT2D eigenvalue weighted by atomic mass is 79.9. The molecule has 3 aromatic rings. The molecule has 0 bridgehead atoms. The maximum Gasteiger partial charge on any atom is 0.420 e. The number of anilines is 2. The maximum absolute atomic E-state index is 13.6. The van der Waals surface area contributed by atoms with E-state index in [1.165, 1.54) is 19.2 Å². The zero-order valence-electron chi connectivity index (χ0n) is 17.3. The average Bonchev–Trinajstić information content (AvgIpc) is 2.99. The highest BCUT2D eigenvalue weighted by molar-refractivity contribution is 9.10. The van der Waals surface area contributed by atoms with Crippen LogP contribution in [0.2, 0.25) is 0 Å². The Balaban J connectivity index is 1.80. The third kappa shape index (κ3) is 3.62. The SMILES string of the molecule is COc1ccc(NC[C@]2(c3cccc(Br)c3)C(=O)N(C)c3ccccc32)cc1C(F)(F)F. The average molecular weight is 505 g/mol. The molecule has 0 aromatic heterocycles. The van der Waals surface area contributed by atoms with Crippen LogP contribution in [-0.4, -0.2) is 26.6 Å². The van der Waals surface area contributed by atoms with Crippen molar-refractivity contribution in [3.05, 3.63) is 87.9 Å². The van der Waals surface area contributed by atoms with Crippen LogP contribution in [0.5, 0.6) is 5.75 Å². The minimum Gasteiger partial charge on any atom is -0.496 e. The van der Waals surface area contributed by atoms with E-state index in [1.54, 1.807) is 11.9 Å². The van der Waals surface area contributed by atoms with E-state index in [1.807, 2.05) is 48.5 Å². The number of methoxy groups -OCH3 is 1. The first-order valence-corrected chi connectivity index (χ1v) is 10.6. The number of nitrogens with zero attached hydrogens (tertiary/aromatic N) is 1. The van der Waals surface area contributed by atoms with Crippen molar-refractivity contribution in [1.29, 1.82) is 0 Å². The Labute approximate surface area is 192 Å². The molecule has 4 rings (SSSR count). The summed E-state index contributed by atoms with van der Waals surface area (Å²) in [5, 5.41) is 3.08. The van der Waals surface area contributed by atoms with Crippen LogP contribution in [0.1, 0.15) is 16.7 Å². The van der Waals surface area contributed by atoms with Crippen molar-refractivity contribution in [2.75, 3.05) is 30.9 Å². The molecule has 32 heavy (non-hydrogen) atoms. The van der Waals surface area contributed by atoms with Crippen LogP contribution in [0.3, 0.4) is 0 Å². The summed E-state index contributed by atoms with van der Waals surface area (Å²) in [6, 6.07) is 18.7. The van der Waals surface area contributed by atoms with Gasteiger partial charge in [-0.1, -0.05) is 46.3 Å². The molecule has 166 valence electrons. The van der Waals surface area contributed by atoms with E-state index in [2.05, 4.69) is 21.2 Å². The van der Waals surface area contributed by atoms with Crippen molar-refractivity contribution in [3.8, 4) is 5.75 Å². The number of rotatable bonds is 5. The molecule has 1 aliphatic rings. The van der Waals surface area contributed by atoms with Crippen molar-refractivity contribution in [1.82, 2.24) is 0 Å². The second-order valence-electron chi connectivity index (χ2n) is 7.56. The molecule has 0 saturated heterocycles. The summed E-state index contributed by atoms with van der Waals surface area (Å²) in [7, 11) is 2.90. The van der Waals surface area contributed by atoms with Crippen LogP contribution in [0.15, 0.2) is 71.2 Å². The van der Waals surface area contributed by atoms with Crippen molar-refractivity contribution in [2.24, 2.45) is 0 Å². The first-order chi connectivity index (χ1) is 15.2. The van der Waals surface area contributed by atoms with Crippen LogP contribution in [0.25, 0.3) is 0 Å². The molecular formula is C24H20BrF3N2O2. The minimum absolute atomic E-state index is 0.0767. The van der Waals surface area contributed by atoms with Crippen molar-refractivity contribution in [3.63, 3.8) is 0 Å². The van der Waals surface area contributed by atoms with Crippen molar-refractivity contribution >= 4 is 33.2 Å².